The van der Waals surface area contributed by atoms with Crippen LogP contribution in [0.3, 0.4) is 0 Å². The van der Waals surface area contributed by atoms with E-state index in [1.165, 1.54) is 12.8 Å². The van der Waals surface area contributed by atoms with Gasteiger partial charge in [0.25, 0.3) is 0 Å². The summed E-state index contributed by atoms with van der Waals surface area (Å²) in [4.78, 5) is 0.353. The van der Waals surface area contributed by atoms with Crippen LogP contribution in [0.1, 0.15) is 25.7 Å². The molecule has 1 aromatic rings. The predicted octanol–water partition coefficient (Wildman–Crippen LogP) is 1.85. The van der Waals surface area contributed by atoms with Gasteiger partial charge in [-0.05, 0) is 62.4 Å². The van der Waals surface area contributed by atoms with Crippen LogP contribution in [0.25, 0.3) is 0 Å². The molecule has 5 nitrogen and oxygen atoms in total. The SMILES string of the molecule is COc1ccc(S(=O)(=O)N2CCC(C3CCCN3)CC2)cc1. The van der Waals surface area contributed by atoms with Gasteiger partial charge >= 0.3 is 0 Å². The summed E-state index contributed by atoms with van der Waals surface area (Å²) in [6.07, 6.45) is 4.38. The van der Waals surface area contributed by atoms with Crippen molar-refractivity contribution in [2.45, 2.75) is 36.6 Å². The van der Waals surface area contributed by atoms with Gasteiger partial charge in [-0.3, -0.25) is 0 Å². The molecule has 22 heavy (non-hydrogen) atoms. The minimum atomic E-state index is -3.38. The molecule has 2 aliphatic heterocycles. The fourth-order valence-corrected chi connectivity index (χ4v) is 5.00. The molecule has 2 heterocycles. The molecule has 6 heteroatoms. The van der Waals surface area contributed by atoms with E-state index in [4.69, 9.17) is 4.74 Å². The lowest BCUT2D eigenvalue weighted by Gasteiger charge is -2.34. The number of nitrogens with one attached hydrogen (secondary N) is 1. The van der Waals surface area contributed by atoms with Gasteiger partial charge in [0.15, 0.2) is 0 Å². The predicted molar refractivity (Wildman–Crippen MR) is 85.5 cm³/mol. The molecular formula is C16H24N2O3S. The largest absolute Gasteiger partial charge is 0.497 e. The zero-order chi connectivity index (χ0) is 15.6. The van der Waals surface area contributed by atoms with Crippen molar-refractivity contribution < 1.29 is 13.2 Å². The molecule has 2 aliphatic rings. The Balaban J connectivity index is 1.65. The standard InChI is InChI=1S/C16H24N2O3S/c1-21-14-4-6-15(7-5-14)22(19,20)18-11-8-13(9-12-18)16-3-2-10-17-16/h4-7,13,16-17H,2-3,8-12H2,1H3. The third-order valence-corrected chi connectivity index (χ3v) is 6.78. The summed E-state index contributed by atoms with van der Waals surface area (Å²) in [5, 5.41) is 3.54. The monoisotopic (exact) mass is 324 g/mol. The number of rotatable bonds is 4. The molecule has 0 aromatic heterocycles. The molecule has 1 atom stereocenters. The topological polar surface area (TPSA) is 58.6 Å². The van der Waals surface area contributed by atoms with Gasteiger partial charge in [0.05, 0.1) is 12.0 Å². The molecule has 0 amide bonds. The van der Waals surface area contributed by atoms with Crippen LogP contribution in [0.5, 0.6) is 5.75 Å². The van der Waals surface area contributed by atoms with Crippen LogP contribution in [0.4, 0.5) is 0 Å². The second-order valence-electron chi connectivity index (χ2n) is 6.12. The summed E-state index contributed by atoms with van der Waals surface area (Å²) in [5.41, 5.74) is 0. The minimum absolute atomic E-state index is 0.353. The summed E-state index contributed by atoms with van der Waals surface area (Å²) in [7, 11) is -1.80. The number of nitrogens with zero attached hydrogens (tertiary/aromatic N) is 1. The highest BCUT2D eigenvalue weighted by Gasteiger charge is 2.33. The van der Waals surface area contributed by atoms with Crippen LogP contribution >= 0.6 is 0 Å². The Kier molecular flexibility index (Phi) is 4.70. The van der Waals surface area contributed by atoms with Crippen molar-refractivity contribution in [1.29, 1.82) is 0 Å². The molecule has 2 fully saturated rings. The number of methoxy groups -OCH3 is 1. The van der Waals surface area contributed by atoms with E-state index in [-0.39, 0.29) is 0 Å². The number of sulfonamides is 1. The average Bonchev–Trinajstić information content (AvgIpc) is 3.09. The second-order valence-corrected chi connectivity index (χ2v) is 8.06. The Morgan fingerprint density at radius 2 is 1.82 bits per heavy atom. The summed E-state index contributed by atoms with van der Waals surface area (Å²) in [6.45, 7) is 2.35. The lowest BCUT2D eigenvalue weighted by molar-refractivity contribution is 0.234. The van der Waals surface area contributed by atoms with E-state index < -0.39 is 10.0 Å². The third kappa shape index (κ3) is 3.14. The Morgan fingerprint density at radius 3 is 2.36 bits per heavy atom. The van der Waals surface area contributed by atoms with Crippen molar-refractivity contribution in [3.05, 3.63) is 24.3 Å². The molecular weight excluding hydrogens is 300 g/mol. The van der Waals surface area contributed by atoms with Crippen LogP contribution in [0.2, 0.25) is 0 Å². The highest BCUT2D eigenvalue weighted by atomic mass is 32.2. The van der Waals surface area contributed by atoms with E-state index in [2.05, 4.69) is 5.32 Å². The summed E-state index contributed by atoms with van der Waals surface area (Å²) < 4.78 is 32.1. The molecule has 1 N–H and O–H groups in total. The van der Waals surface area contributed by atoms with Crippen LogP contribution in [0, 0.1) is 5.92 Å². The number of ether oxygens (including phenoxy) is 1. The Labute approximate surface area is 132 Å². The lowest BCUT2D eigenvalue weighted by Crippen LogP contribution is -2.43. The normalized spacial score (nSPS) is 24.5. The maximum atomic E-state index is 12.7. The van der Waals surface area contributed by atoms with Crippen LogP contribution < -0.4 is 10.1 Å². The van der Waals surface area contributed by atoms with Gasteiger partial charge in [0, 0.05) is 19.1 Å². The van der Waals surface area contributed by atoms with Crippen molar-refractivity contribution in [2.75, 3.05) is 26.7 Å². The smallest absolute Gasteiger partial charge is 0.243 e. The second kappa shape index (κ2) is 6.56. The Morgan fingerprint density at radius 1 is 1.14 bits per heavy atom. The van der Waals surface area contributed by atoms with E-state index in [1.807, 2.05) is 0 Å². The van der Waals surface area contributed by atoms with E-state index in [0.717, 1.165) is 19.4 Å². The first kappa shape index (κ1) is 15.8. The molecule has 1 aromatic carbocycles. The molecule has 0 bridgehead atoms. The maximum absolute atomic E-state index is 12.7. The Bertz CT molecular complexity index is 586. The van der Waals surface area contributed by atoms with E-state index in [0.29, 0.717) is 35.7 Å². The summed E-state index contributed by atoms with van der Waals surface area (Å²) in [6, 6.07) is 7.23. The van der Waals surface area contributed by atoms with Gasteiger partial charge in [-0.15, -0.1) is 0 Å². The first-order valence-electron chi connectivity index (χ1n) is 7.99. The van der Waals surface area contributed by atoms with Gasteiger partial charge in [-0.2, -0.15) is 4.31 Å². The van der Waals surface area contributed by atoms with E-state index >= 15 is 0 Å². The number of hydrogen-bond acceptors (Lipinski definition) is 4. The van der Waals surface area contributed by atoms with Gasteiger partial charge in [0.1, 0.15) is 5.75 Å². The average molecular weight is 324 g/mol. The fraction of sp³-hybridized carbons (Fsp3) is 0.625. The highest BCUT2D eigenvalue weighted by molar-refractivity contribution is 7.89. The molecule has 2 saturated heterocycles. The first-order valence-corrected chi connectivity index (χ1v) is 9.43. The minimum Gasteiger partial charge on any atom is -0.497 e. The van der Waals surface area contributed by atoms with Gasteiger partial charge in [-0.25, -0.2) is 8.42 Å². The van der Waals surface area contributed by atoms with Gasteiger partial charge < -0.3 is 10.1 Å². The fourth-order valence-electron chi connectivity index (χ4n) is 3.53. The first-order chi connectivity index (χ1) is 10.6. The highest BCUT2D eigenvalue weighted by Crippen LogP contribution is 2.29. The van der Waals surface area contributed by atoms with Crippen LogP contribution in [0.15, 0.2) is 29.2 Å². The third-order valence-electron chi connectivity index (χ3n) is 4.86. The Hall–Kier alpha value is -1.11. The van der Waals surface area contributed by atoms with Gasteiger partial charge in [0.2, 0.25) is 10.0 Å². The van der Waals surface area contributed by atoms with Crippen molar-refractivity contribution in [2.24, 2.45) is 5.92 Å². The molecule has 3 rings (SSSR count). The molecule has 1 unspecified atom stereocenters. The zero-order valence-corrected chi connectivity index (χ0v) is 13.8. The van der Waals surface area contributed by atoms with Gasteiger partial charge in [-0.1, -0.05) is 0 Å². The van der Waals surface area contributed by atoms with Crippen molar-refractivity contribution in [3.63, 3.8) is 0 Å². The van der Waals surface area contributed by atoms with Crippen molar-refractivity contribution in [3.8, 4) is 5.75 Å². The van der Waals surface area contributed by atoms with Crippen LogP contribution in [-0.4, -0.2) is 45.5 Å². The van der Waals surface area contributed by atoms with Crippen molar-refractivity contribution in [1.82, 2.24) is 9.62 Å². The summed E-state index contributed by atoms with van der Waals surface area (Å²) in [5.74, 6) is 1.29. The number of hydrogen-bond donors (Lipinski definition) is 1. The molecule has 122 valence electrons. The molecule has 0 saturated carbocycles. The molecule has 0 spiro atoms. The zero-order valence-electron chi connectivity index (χ0n) is 13.0. The van der Waals surface area contributed by atoms with Crippen molar-refractivity contribution >= 4 is 10.0 Å². The lowest BCUT2D eigenvalue weighted by atomic mass is 9.89. The number of benzene rings is 1. The van der Waals surface area contributed by atoms with E-state index in [1.54, 1.807) is 35.7 Å². The summed E-state index contributed by atoms with van der Waals surface area (Å²) >= 11 is 0. The maximum Gasteiger partial charge on any atom is 0.243 e. The molecule has 0 radical (unpaired) electrons. The van der Waals surface area contributed by atoms with E-state index in [9.17, 15) is 8.42 Å². The number of piperidine rings is 1. The quantitative estimate of drug-likeness (QED) is 0.918. The molecule has 0 aliphatic carbocycles. The van der Waals surface area contributed by atoms with Crippen LogP contribution in [-0.2, 0) is 10.0 Å².